The van der Waals surface area contributed by atoms with E-state index in [1.165, 1.54) is 27.6 Å². The van der Waals surface area contributed by atoms with Gasteiger partial charge in [-0.3, -0.25) is 0 Å². The van der Waals surface area contributed by atoms with E-state index in [-0.39, 0.29) is 5.41 Å². The Balaban J connectivity index is 1.16. The third-order valence-corrected chi connectivity index (χ3v) is 11.2. The molecule has 10 aromatic rings. The Bertz CT molecular complexity index is 3050. The van der Waals surface area contributed by atoms with E-state index < -0.39 is 0 Å². The summed E-state index contributed by atoms with van der Waals surface area (Å²) in [5.74, 6) is 1.31. The Morgan fingerprint density at radius 1 is 0.473 bits per heavy atom. The normalized spacial score (nSPS) is 13.1. The molecule has 0 fully saturated rings. The quantitative estimate of drug-likeness (QED) is 0.179. The van der Waals surface area contributed by atoms with Crippen LogP contribution in [0.2, 0.25) is 0 Å². The van der Waals surface area contributed by atoms with Crippen molar-refractivity contribution >= 4 is 32.9 Å². The fourth-order valence-electron chi connectivity index (χ4n) is 8.49. The maximum absolute atomic E-state index is 6.45. The van der Waals surface area contributed by atoms with Crippen LogP contribution in [0.4, 0.5) is 0 Å². The monoisotopic (exact) mass is 706 g/mol. The van der Waals surface area contributed by atoms with Gasteiger partial charge < -0.3 is 8.98 Å². The van der Waals surface area contributed by atoms with Crippen molar-refractivity contribution < 1.29 is 4.42 Å². The Kier molecular flexibility index (Phi) is 6.83. The number of fused-ring (bicyclic) bond motifs is 7. The van der Waals surface area contributed by atoms with Crippen LogP contribution in [0.25, 0.3) is 95.1 Å². The van der Waals surface area contributed by atoms with Gasteiger partial charge in [-0.1, -0.05) is 129 Å². The van der Waals surface area contributed by atoms with Gasteiger partial charge in [-0.25, -0.2) is 15.0 Å². The van der Waals surface area contributed by atoms with Gasteiger partial charge in [0.15, 0.2) is 11.4 Å². The summed E-state index contributed by atoms with van der Waals surface area (Å²) >= 11 is 0. The average molecular weight is 707 g/mol. The van der Waals surface area contributed by atoms with Gasteiger partial charge in [0, 0.05) is 44.1 Å². The summed E-state index contributed by atoms with van der Waals surface area (Å²) in [6, 6.07) is 59.4. The smallest absolute Gasteiger partial charge is 0.227 e. The lowest BCUT2D eigenvalue weighted by molar-refractivity contribution is 0.620. The molecule has 0 aliphatic heterocycles. The number of oxazole rings is 1. The lowest BCUT2D eigenvalue weighted by Crippen LogP contribution is -2.14. The zero-order valence-electron chi connectivity index (χ0n) is 30.4. The molecular formula is C50H34N4O. The Morgan fingerprint density at radius 2 is 1.09 bits per heavy atom. The van der Waals surface area contributed by atoms with E-state index in [0.717, 1.165) is 66.8 Å². The summed E-state index contributed by atoms with van der Waals surface area (Å²) in [5, 5.41) is 2.29. The molecule has 260 valence electrons. The van der Waals surface area contributed by atoms with Gasteiger partial charge in [-0.05, 0) is 76.9 Å². The third kappa shape index (κ3) is 4.97. The average Bonchev–Trinajstić information content (AvgIpc) is 3.87. The molecule has 55 heavy (non-hydrogen) atoms. The van der Waals surface area contributed by atoms with Crippen molar-refractivity contribution in [1.82, 2.24) is 19.5 Å². The molecule has 5 nitrogen and oxygen atoms in total. The molecular weight excluding hydrogens is 673 g/mol. The van der Waals surface area contributed by atoms with Crippen molar-refractivity contribution in [2.45, 2.75) is 19.3 Å². The fraction of sp³-hybridized carbons (Fsp3) is 0.0600. The highest BCUT2D eigenvalue weighted by Crippen LogP contribution is 2.51. The van der Waals surface area contributed by atoms with Crippen LogP contribution >= 0.6 is 0 Å². The predicted octanol–water partition coefficient (Wildman–Crippen LogP) is 12.7. The molecule has 0 spiro atoms. The van der Waals surface area contributed by atoms with Crippen molar-refractivity contribution in [3.63, 3.8) is 0 Å². The van der Waals surface area contributed by atoms with Gasteiger partial charge in [0.2, 0.25) is 5.89 Å². The van der Waals surface area contributed by atoms with E-state index in [4.69, 9.17) is 19.4 Å². The molecule has 0 radical (unpaired) electrons. The number of hydrogen-bond acceptors (Lipinski definition) is 4. The molecule has 11 rings (SSSR count). The lowest BCUT2D eigenvalue weighted by atomic mass is 9.82. The predicted molar refractivity (Wildman–Crippen MR) is 223 cm³/mol. The van der Waals surface area contributed by atoms with Crippen LogP contribution in [0.15, 0.2) is 174 Å². The topological polar surface area (TPSA) is 56.7 Å². The largest absolute Gasteiger partial charge is 0.436 e. The van der Waals surface area contributed by atoms with Gasteiger partial charge >= 0.3 is 0 Å². The van der Waals surface area contributed by atoms with Crippen molar-refractivity contribution in [2.24, 2.45) is 0 Å². The molecule has 0 saturated heterocycles. The molecule has 1 aliphatic carbocycles. The molecule has 0 N–H and O–H groups in total. The lowest BCUT2D eigenvalue weighted by Gasteiger charge is -2.21. The maximum atomic E-state index is 6.45. The molecule has 3 aromatic heterocycles. The number of hydrogen-bond donors (Lipinski definition) is 0. The first-order valence-corrected chi connectivity index (χ1v) is 18.7. The summed E-state index contributed by atoms with van der Waals surface area (Å²) in [5.41, 5.74) is 15.7. The molecule has 1 aliphatic rings. The zero-order valence-corrected chi connectivity index (χ0v) is 30.4. The summed E-state index contributed by atoms with van der Waals surface area (Å²) in [7, 11) is 0. The number of nitrogens with zero attached hydrogens (tertiary/aromatic N) is 4. The fourth-order valence-corrected chi connectivity index (χ4v) is 8.49. The van der Waals surface area contributed by atoms with Gasteiger partial charge in [-0.2, -0.15) is 0 Å². The van der Waals surface area contributed by atoms with Crippen LogP contribution in [0, 0.1) is 0 Å². The van der Waals surface area contributed by atoms with E-state index in [0.29, 0.717) is 11.7 Å². The van der Waals surface area contributed by atoms with Crippen molar-refractivity contribution in [2.75, 3.05) is 0 Å². The van der Waals surface area contributed by atoms with Gasteiger partial charge in [0.25, 0.3) is 0 Å². The first-order valence-electron chi connectivity index (χ1n) is 18.7. The maximum Gasteiger partial charge on any atom is 0.227 e. The van der Waals surface area contributed by atoms with E-state index in [2.05, 4.69) is 122 Å². The first-order chi connectivity index (χ1) is 27.0. The molecule has 0 saturated carbocycles. The minimum absolute atomic E-state index is 0.147. The number of aromatic nitrogens is 4. The molecule has 3 heterocycles. The van der Waals surface area contributed by atoms with Crippen LogP contribution < -0.4 is 0 Å². The molecule has 7 aromatic carbocycles. The van der Waals surface area contributed by atoms with Gasteiger partial charge in [-0.15, -0.1) is 0 Å². The molecule has 0 amide bonds. The molecule has 0 unspecified atom stereocenters. The summed E-state index contributed by atoms with van der Waals surface area (Å²) in [4.78, 5) is 15.2. The second kappa shape index (κ2) is 12.0. The highest BCUT2D eigenvalue weighted by Gasteiger charge is 2.36. The van der Waals surface area contributed by atoms with Gasteiger partial charge in [0.1, 0.15) is 5.52 Å². The van der Waals surface area contributed by atoms with E-state index in [1.807, 2.05) is 66.7 Å². The molecule has 0 bridgehead atoms. The Morgan fingerprint density at radius 3 is 1.85 bits per heavy atom. The summed E-state index contributed by atoms with van der Waals surface area (Å²) < 4.78 is 8.84. The highest BCUT2D eigenvalue weighted by molar-refractivity contribution is 6.14. The Labute approximate surface area is 318 Å². The SMILES string of the molecule is CC1(C)c2ccccc2-c2cc3c4cc5oc(-c6ccccc6)nc5cc4n(-c4cccc(-c5cc(-c6ccccc6)nc(-c6ccccc6)n5)c4)c3cc21. The first kappa shape index (κ1) is 31.4. The van der Waals surface area contributed by atoms with Crippen molar-refractivity contribution in [3.8, 4) is 62.2 Å². The second-order valence-corrected chi connectivity index (χ2v) is 14.9. The third-order valence-electron chi connectivity index (χ3n) is 11.2. The Hall–Kier alpha value is -7.11. The molecule has 0 atom stereocenters. The minimum Gasteiger partial charge on any atom is -0.436 e. The van der Waals surface area contributed by atoms with Crippen LogP contribution in [0.3, 0.4) is 0 Å². The second-order valence-electron chi connectivity index (χ2n) is 14.9. The van der Waals surface area contributed by atoms with Crippen molar-refractivity contribution in [1.29, 1.82) is 0 Å². The molecule has 5 heteroatoms. The number of rotatable bonds is 5. The summed E-state index contributed by atoms with van der Waals surface area (Å²) in [6.07, 6.45) is 0. The van der Waals surface area contributed by atoms with Gasteiger partial charge in [0.05, 0.1) is 22.4 Å². The van der Waals surface area contributed by atoms with E-state index >= 15 is 0 Å². The van der Waals surface area contributed by atoms with Crippen LogP contribution in [0.1, 0.15) is 25.0 Å². The van der Waals surface area contributed by atoms with E-state index in [1.54, 1.807) is 0 Å². The highest BCUT2D eigenvalue weighted by atomic mass is 16.3. The standard InChI is InChI=1S/C50H34N4O/c1-50(2)40-24-13-12-23-36(40)37-26-38-39-27-47-44(53-49(55-47)33-19-10-5-11-20-33)30-46(39)54(45(38)28-41(37)50)35-22-14-21-34(25-35)43-29-42(31-15-6-3-7-16-31)51-48(52-43)32-17-8-4-9-18-32/h3-30H,1-2H3. The summed E-state index contributed by atoms with van der Waals surface area (Å²) in [6.45, 7) is 4.67. The van der Waals surface area contributed by atoms with Crippen molar-refractivity contribution in [3.05, 3.63) is 181 Å². The van der Waals surface area contributed by atoms with Crippen LogP contribution in [0.5, 0.6) is 0 Å². The minimum atomic E-state index is -0.147. The van der Waals surface area contributed by atoms with Crippen LogP contribution in [-0.4, -0.2) is 19.5 Å². The van der Waals surface area contributed by atoms with E-state index in [9.17, 15) is 0 Å². The van der Waals surface area contributed by atoms with Crippen LogP contribution in [-0.2, 0) is 5.41 Å². The zero-order chi connectivity index (χ0) is 36.7. The number of benzene rings is 7.